The number of nitrogens with zero attached hydrogens (tertiary/aromatic N) is 1. The third-order valence-corrected chi connectivity index (χ3v) is 14.5. The molecule has 0 bridgehead atoms. The number of benzene rings is 7. The molecule has 0 radical (unpaired) electrons. The highest BCUT2D eigenvalue weighted by Gasteiger charge is 2.36. The van der Waals surface area contributed by atoms with Gasteiger partial charge in [0.25, 0.3) is 0 Å². The van der Waals surface area contributed by atoms with Crippen LogP contribution in [0.1, 0.15) is 148 Å². The van der Waals surface area contributed by atoms with Gasteiger partial charge >= 0.3 is 0 Å². The molecule has 0 N–H and O–H groups in total. The number of anilines is 3. The van der Waals surface area contributed by atoms with Crippen molar-refractivity contribution in [1.29, 1.82) is 0 Å². The molecule has 2 aliphatic rings. The van der Waals surface area contributed by atoms with E-state index < -0.39 is 0 Å². The van der Waals surface area contributed by atoms with Crippen molar-refractivity contribution in [1.82, 2.24) is 0 Å². The summed E-state index contributed by atoms with van der Waals surface area (Å²) in [7, 11) is 0. The Morgan fingerprint density at radius 2 is 0.891 bits per heavy atom. The van der Waals surface area contributed by atoms with Gasteiger partial charge in [-0.05, 0) is 155 Å². The largest absolute Gasteiger partial charge is 0.310 e. The Morgan fingerprint density at radius 3 is 1.52 bits per heavy atom. The number of fused-ring (bicyclic) bond motifs is 3. The molecule has 7 aromatic carbocycles. The lowest BCUT2D eigenvalue weighted by atomic mass is 9.78. The Hall–Kier alpha value is -5.66. The van der Waals surface area contributed by atoms with E-state index in [0.29, 0.717) is 5.92 Å². The average Bonchev–Trinajstić information content (AvgIpc) is 3.51. The molecular formula is C63H69N. The minimum atomic E-state index is -0.0832. The molecule has 0 amide bonds. The van der Waals surface area contributed by atoms with Crippen LogP contribution in [0.2, 0.25) is 0 Å². The summed E-state index contributed by atoms with van der Waals surface area (Å²) < 4.78 is 0. The first-order valence-corrected chi connectivity index (χ1v) is 24.0. The van der Waals surface area contributed by atoms with Crippen LogP contribution in [0.4, 0.5) is 17.1 Å². The summed E-state index contributed by atoms with van der Waals surface area (Å²) in [5, 5.41) is 0. The van der Waals surface area contributed by atoms with Crippen LogP contribution in [0.3, 0.4) is 0 Å². The van der Waals surface area contributed by atoms with Crippen LogP contribution in [0.5, 0.6) is 0 Å². The molecule has 0 aliphatic heterocycles. The second-order valence-electron chi connectivity index (χ2n) is 22.6. The molecule has 326 valence electrons. The fourth-order valence-corrected chi connectivity index (χ4v) is 10.4. The first kappa shape index (κ1) is 43.6. The number of hydrogen-bond acceptors (Lipinski definition) is 1. The molecule has 1 nitrogen and oxygen atoms in total. The van der Waals surface area contributed by atoms with Crippen molar-refractivity contribution in [2.75, 3.05) is 4.90 Å². The van der Waals surface area contributed by atoms with Gasteiger partial charge in [0.2, 0.25) is 0 Å². The molecule has 9 rings (SSSR count). The molecule has 0 aromatic heterocycles. The van der Waals surface area contributed by atoms with Crippen molar-refractivity contribution in [3.8, 4) is 44.5 Å². The van der Waals surface area contributed by atoms with Gasteiger partial charge in [-0.25, -0.2) is 0 Å². The van der Waals surface area contributed by atoms with E-state index in [9.17, 15) is 0 Å². The van der Waals surface area contributed by atoms with E-state index in [1.807, 2.05) is 0 Å². The van der Waals surface area contributed by atoms with Crippen molar-refractivity contribution in [3.05, 3.63) is 185 Å². The fraction of sp³-hybridized carbons (Fsp3) is 0.333. The number of rotatable bonds is 7. The summed E-state index contributed by atoms with van der Waals surface area (Å²) >= 11 is 0. The quantitative estimate of drug-likeness (QED) is 0.155. The van der Waals surface area contributed by atoms with Crippen LogP contribution >= 0.6 is 0 Å². The highest BCUT2D eigenvalue weighted by molar-refractivity contribution is 5.87. The van der Waals surface area contributed by atoms with Gasteiger partial charge in [0.05, 0.1) is 0 Å². The smallest absolute Gasteiger partial charge is 0.0467 e. The van der Waals surface area contributed by atoms with Gasteiger partial charge in [-0.3, -0.25) is 0 Å². The summed E-state index contributed by atoms with van der Waals surface area (Å²) in [6.07, 6.45) is 6.58. The second kappa shape index (κ2) is 16.4. The Balaban J connectivity index is 1.11. The Labute approximate surface area is 385 Å². The zero-order valence-corrected chi connectivity index (χ0v) is 40.5. The Morgan fingerprint density at radius 1 is 0.391 bits per heavy atom. The second-order valence-corrected chi connectivity index (χ2v) is 22.6. The third-order valence-electron chi connectivity index (χ3n) is 14.5. The van der Waals surface area contributed by atoms with E-state index in [1.54, 1.807) is 0 Å². The van der Waals surface area contributed by atoms with Crippen LogP contribution in [0.15, 0.2) is 152 Å². The molecule has 1 heteroatoms. The SMILES string of the molecule is CC(C)(C)c1cc(-c2ccc(-c3cccc(N(c4cccc(C5CCCCC5)c4)c4ccc5c(c4)C(C)(C)c4ccccc4-5)c3)cc2)cc(-c2cc(C(C)(C)C)cc(C(C)(C)C)c2)c1. The fourth-order valence-electron chi connectivity index (χ4n) is 10.4. The molecule has 0 unspecified atom stereocenters. The summed E-state index contributed by atoms with van der Waals surface area (Å²) in [6, 6.07) is 58.6. The molecule has 0 atom stereocenters. The first-order valence-electron chi connectivity index (χ1n) is 24.0. The topological polar surface area (TPSA) is 3.24 Å². The predicted molar refractivity (Wildman–Crippen MR) is 277 cm³/mol. The predicted octanol–water partition coefficient (Wildman–Crippen LogP) is 18.4. The molecule has 0 heterocycles. The minimum Gasteiger partial charge on any atom is -0.310 e. The van der Waals surface area contributed by atoms with Gasteiger partial charge in [0.1, 0.15) is 0 Å². The van der Waals surface area contributed by atoms with Crippen LogP contribution in [0, 0.1) is 0 Å². The summed E-state index contributed by atoms with van der Waals surface area (Å²) in [5.41, 5.74) is 22.2. The van der Waals surface area contributed by atoms with Crippen LogP contribution < -0.4 is 4.90 Å². The molecule has 1 saturated carbocycles. The molecule has 0 saturated heterocycles. The van der Waals surface area contributed by atoms with E-state index in [0.717, 1.165) is 0 Å². The third kappa shape index (κ3) is 8.52. The van der Waals surface area contributed by atoms with E-state index >= 15 is 0 Å². The standard InChI is InChI=1S/C63H69N/c1-60(2,3)50-34-47(33-48(35-50)49-36-51(61(4,5)6)40-52(37-49)62(7,8)9)44-29-27-43(28-30-44)46-22-18-24-54(39-46)64(53-23-17-21-45(38-53)42-19-13-12-14-20-42)55-31-32-57-56-25-15-16-26-58(56)63(10,11)59(57)41-55/h15-18,21-42H,12-14,19-20H2,1-11H3. The highest BCUT2D eigenvalue weighted by Crippen LogP contribution is 2.51. The Kier molecular flexibility index (Phi) is 11.2. The van der Waals surface area contributed by atoms with Crippen molar-refractivity contribution >= 4 is 17.1 Å². The minimum absolute atomic E-state index is 0.00000435. The van der Waals surface area contributed by atoms with Gasteiger partial charge in [0, 0.05) is 22.5 Å². The summed E-state index contributed by atoms with van der Waals surface area (Å²) in [4.78, 5) is 2.50. The Bertz CT molecular complexity index is 2790. The molecule has 64 heavy (non-hydrogen) atoms. The highest BCUT2D eigenvalue weighted by atomic mass is 15.1. The average molecular weight is 840 g/mol. The zero-order valence-electron chi connectivity index (χ0n) is 40.5. The maximum absolute atomic E-state index is 2.50. The first-order chi connectivity index (χ1) is 30.3. The van der Waals surface area contributed by atoms with Crippen LogP contribution in [0.25, 0.3) is 44.5 Å². The van der Waals surface area contributed by atoms with E-state index in [-0.39, 0.29) is 21.7 Å². The maximum atomic E-state index is 2.50. The van der Waals surface area contributed by atoms with Gasteiger partial charge in [0.15, 0.2) is 0 Å². The van der Waals surface area contributed by atoms with Crippen LogP contribution in [-0.4, -0.2) is 0 Å². The molecular weight excluding hydrogens is 771 g/mol. The van der Waals surface area contributed by atoms with Crippen LogP contribution in [-0.2, 0) is 21.7 Å². The van der Waals surface area contributed by atoms with E-state index in [2.05, 4.69) is 233 Å². The van der Waals surface area contributed by atoms with Crippen molar-refractivity contribution < 1.29 is 0 Å². The summed E-state index contributed by atoms with van der Waals surface area (Å²) in [6.45, 7) is 25.7. The van der Waals surface area contributed by atoms with E-state index in [4.69, 9.17) is 0 Å². The van der Waals surface area contributed by atoms with Crippen molar-refractivity contribution in [2.45, 2.75) is 136 Å². The zero-order chi connectivity index (χ0) is 45.2. The monoisotopic (exact) mass is 840 g/mol. The molecule has 0 spiro atoms. The van der Waals surface area contributed by atoms with Gasteiger partial charge in [-0.2, -0.15) is 0 Å². The lowest BCUT2D eigenvalue weighted by molar-refractivity contribution is 0.443. The normalized spacial score (nSPS) is 15.2. The molecule has 7 aromatic rings. The van der Waals surface area contributed by atoms with Gasteiger partial charge in [-0.15, -0.1) is 0 Å². The summed E-state index contributed by atoms with van der Waals surface area (Å²) in [5.74, 6) is 0.628. The number of hydrogen-bond donors (Lipinski definition) is 0. The maximum Gasteiger partial charge on any atom is 0.0467 e. The lowest BCUT2D eigenvalue weighted by Crippen LogP contribution is -2.16. The molecule has 2 aliphatic carbocycles. The van der Waals surface area contributed by atoms with Gasteiger partial charge < -0.3 is 4.90 Å². The lowest BCUT2D eigenvalue weighted by Gasteiger charge is -2.30. The van der Waals surface area contributed by atoms with E-state index in [1.165, 1.54) is 127 Å². The van der Waals surface area contributed by atoms with Crippen molar-refractivity contribution in [2.24, 2.45) is 0 Å². The molecule has 1 fully saturated rings. The van der Waals surface area contributed by atoms with Crippen molar-refractivity contribution in [3.63, 3.8) is 0 Å². The van der Waals surface area contributed by atoms with Gasteiger partial charge in [-0.1, -0.05) is 205 Å².